The standard InChI is InChI=1S/C20H22N4O/c1-14-7-4-5-10-18(14)23-20-21-12-11-19(24-20)22-15(2)16-8-6-9-17(13-16)25-3/h4-13,15H,1-3H3,(H2,21,22,23,24). The Bertz CT molecular complexity index is 850. The van der Waals surface area contributed by atoms with Gasteiger partial charge >= 0.3 is 0 Å². The molecule has 0 aliphatic rings. The van der Waals surface area contributed by atoms with Gasteiger partial charge in [-0.25, -0.2) is 4.98 Å². The predicted molar refractivity (Wildman–Crippen MR) is 102 cm³/mol. The van der Waals surface area contributed by atoms with Gasteiger partial charge in [0.1, 0.15) is 11.6 Å². The highest BCUT2D eigenvalue weighted by Gasteiger charge is 2.08. The van der Waals surface area contributed by atoms with Crippen molar-refractivity contribution in [1.29, 1.82) is 0 Å². The third kappa shape index (κ3) is 4.26. The average molecular weight is 334 g/mol. The Morgan fingerprint density at radius 2 is 1.88 bits per heavy atom. The van der Waals surface area contributed by atoms with E-state index in [1.807, 2.05) is 42.5 Å². The minimum atomic E-state index is 0.0938. The van der Waals surface area contributed by atoms with Gasteiger partial charge in [0.2, 0.25) is 5.95 Å². The van der Waals surface area contributed by atoms with E-state index in [-0.39, 0.29) is 6.04 Å². The number of para-hydroxylation sites is 1. The van der Waals surface area contributed by atoms with Gasteiger partial charge in [0.25, 0.3) is 0 Å². The fourth-order valence-electron chi connectivity index (χ4n) is 2.55. The summed E-state index contributed by atoms with van der Waals surface area (Å²) in [5.74, 6) is 2.18. The van der Waals surface area contributed by atoms with Crippen LogP contribution in [0.4, 0.5) is 17.5 Å². The molecule has 0 saturated carbocycles. The molecule has 0 spiro atoms. The zero-order valence-electron chi connectivity index (χ0n) is 14.7. The molecule has 1 aromatic heterocycles. The van der Waals surface area contributed by atoms with E-state index < -0.39 is 0 Å². The maximum atomic E-state index is 5.29. The van der Waals surface area contributed by atoms with Crippen LogP contribution in [0.1, 0.15) is 24.1 Å². The number of hydrogen-bond acceptors (Lipinski definition) is 5. The molecule has 1 unspecified atom stereocenters. The number of nitrogens with one attached hydrogen (secondary N) is 2. The second-order valence-electron chi connectivity index (χ2n) is 5.85. The summed E-state index contributed by atoms with van der Waals surface area (Å²) in [4.78, 5) is 8.85. The number of ether oxygens (including phenoxy) is 1. The van der Waals surface area contributed by atoms with Gasteiger partial charge < -0.3 is 15.4 Å². The first-order valence-corrected chi connectivity index (χ1v) is 8.22. The van der Waals surface area contributed by atoms with Gasteiger partial charge in [-0.3, -0.25) is 0 Å². The molecule has 2 aromatic carbocycles. The zero-order valence-corrected chi connectivity index (χ0v) is 14.7. The Kier molecular flexibility index (Phi) is 5.14. The summed E-state index contributed by atoms with van der Waals surface area (Å²) < 4.78 is 5.29. The van der Waals surface area contributed by atoms with Gasteiger partial charge in [-0.15, -0.1) is 0 Å². The highest BCUT2D eigenvalue weighted by atomic mass is 16.5. The molecule has 3 aromatic rings. The lowest BCUT2D eigenvalue weighted by Gasteiger charge is -2.16. The number of anilines is 3. The summed E-state index contributed by atoms with van der Waals surface area (Å²) >= 11 is 0. The van der Waals surface area contributed by atoms with E-state index in [0.29, 0.717) is 5.95 Å². The average Bonchev–Trinajstić information content (AvgIpc) is 2.64. The first-order valence-electron chi connectivity index (χ1n) is 8.22. The van der Waals surface area contributed by atoms with Gasteiger partial charge in [-0.1, -0.05) is 30.3 Å². The fourth-order valence-corrected chi connectivity index (χ4v) is 2.55. The van der Waals surface area contributed by atoms with Crippen LogP contribution in [0.25, 0.3) is 0 Å². The first-order chi connectivity index (χ1) is 12.2. The molecule has 0 saturated heterocycles. The van der Waals surface area contributed by atoms with Crippen LogP contribution in [0.2, 0.25) is 0 Å². The molecule has 5 nitrogen and oxygen atoms in total. The van der Waals surface area contributed by atoms with Crippen LogP contribution in [0, 0.1) is 6.92 Å². The lowest BCUT2D eigenvalue weighted by molar-refractivity contribution is 0.414. The zero-order chi connectivity index (χ0) is 17.6. The molecule has 128 valence electrons. The minimum absolute atomic E-state index is 0.0938. The van der Waals surface area contributed by atoms with Crippen LogP contribution in [0.5, 0.6) is 5.75 Å². The molecule has 2 N–H and O–H groups in total. The molecule has 1 heterocycles. The van der Waals surface area contributed by atoms with E-state index in [4.69, 9.17) is 4.74 Å². The molecule has 0 aliphatic carbocycles. The Labute approximate surface area is 148 Å². The van der Waals surface area contributed by atoms with Crippen LogP contribution in [-0.4, -0.2) is 17.1 Å². The molecule has 0 bridgehead atoms. The summed E-state index contributed by atoms with van der Waals surface area (Å²) in [5, 5.41) is 6.67. The van der Waals surface area contributed by atoms with Gasteiger partial charge in [-0.2, -0.15) is 4.98 Å². The summed E-state index contributed by atoms with van der Waals surface area (Å²) in [7, 11) is 1.67. The van der Waals surface area contributed by atoms with E-state index in [0.717, 1.165) is 28.4 Å². The normalized spacial score (nSPS) is 11.6. The second kappa shape index (κ2) is 7.66. The number of methoxy groups -OCH3 is 1. The molecule has 5 heteroatoms. The molecular weight excluding hydrogens is 312 g/mol. The van der Waals surface area contributed by atoms with E-state index in [1.165, 1.54) is 0 Å². The topological polar surface area (TPSA) is 59.1 Å². The van der Waals surface area contributed by atoms with Crippen LogP contribution in [-0.2, 0) is 0 Å². The Hall–Kier alpha value is -3.08. The first kappa shape index (κ1) is 16.8. The summed E-state index contributed by atoms with van der Waals surface area (Å²) in [6, 6.07) is 18.0. The smallest absolute Gasteiger partial charge is 0.229 e. The molecule has 0 aliphatic heterocycles. The van der Waals surface area contributed by atoms with Gasteiger partial charge in [0.15, 0.2) is 0 Å². The second-order valence-corrected chi connectivity index (χ2v) is 5.85. The maximum Gasteiger partial charge on any atom is 0.229 e. The highest BCUT2D eigenvalue weighted by Crippen LogP contribution is 2.23. The number of hydrogen-bond donors (Lipinski definition) is 2. The molecular formula is C20H22N4O. The molecule has 0 amide bonds. The molecule has 0 radical (unpaired) electrons. The number of nitrogens with zero attached hydrogens (tertiary/aromatic N) is 2. The third-order valence-corrected chi connectivity index (χ3v) is 4.01. The highest BCUT2D eigenvalue weighted by molar-refractivity contribution is 5.58. The largest absolute Gasteiger partial charge is 0.497 e. The third-order valence-electron chi connectivity index (χ3n) is 4.01. The number of aryl methyl sites for hydroxylation is 1. The SMILES string of the molecule is COc1cccc(C(C)Nc2ccnc(Nc3ccccc3C)n2)c1. The van der Waals surface area contributed by atoms with E-state index in [1.54, 1.807) is 13.3 Å². The monoisotopic (exact) mass is 334 g/mol. The van der Waals surface area contributed by atoms with Crippen molar-refractivity contribution in [1.82, 2.24) is 9.97 Å². The van der Waals surface area contributed by atoms with E-state index >= 15 is 0 Å². The Morgan fingerprint density at radius 3 is 2.68 bits per heavy atom. The van der Waals surface area contributed by atoms with Crippen LogP contribution >= 0.6 is 0 Å². The van der Waals surface area contributed by atoms with Crippen molar-refractivity contribution in [2.24, 2.45) is 0 Å². The van der Waals surface area contributed by atoms with E-state index in [9.17, 15) is 0 Å². The number of benzene rings is 2. The van der Waals surface area contributed by atoms with Gasteiger partial charge in [0, 0.05) is 11.9 Å². The Morgan fingerprint density at radius 1 is 1.04 bits per heavy atom. The lowest BCUT2D eigenvalue weighted by Crippen LogP contribution is -2.09. The number of aromatic nitrogens is 2. The fraction of sp³-hybridized carbons (Fsp3) is 0.200. The summed E-state index contributed by atoms with van der Waals surface area (Å²) in [6.07, 6.45) is 1.74. The van der Waals surface area contributed by atoms with Crippen molar-refractivity contribution < 1.29 is 4.74 Å². The minimum Gasteiger partial charge on any atom is -0.497 e. The Balaban J connectivity index is 1.74. The van der Waals surface area contributed by atoms with Gasteiger partial charge in [0.05, 0.1) is 13.2 Å². The molecule has 3 rings (SSSR count). The summed E-state index contributed by atoms with van der Waals surface area (Å²) in [5.41, 5.74) is 3.28. The van der Waals surface area contributed by atoms with Crippen molar-refractivity contribution in [2.45, 2.75) is 19.9 Å². The van der Waals surface area contributed by atoms with Crippen molar-refractivity contribution in [3.63, 3.8) is 0 Å². The molecule has 25 heavy (non-hydrogen) atoms. The summed E-state index contributed by atoms with van der Waals surface area (Å²) in [6.45, 7) is 4.14. The molecule has 0 fully saturated rings. The molecule has 1 atom stereocenters. The van der Waals surface area contributed by atoms with Crippen molar-refractivity contribution in [3.05, 3.63) is 71.9 Å². The predicted octanol–water partition coefficient (Wildman–Crippen LogP) is 4.71. The van der Waals surface area contributed by atoms with Crippen LogP contribution in [0.3, 0.4) is 0 Å². The van der Waals surface area contributed by atoms with Crippen molar-refractivity contribution >= 4 is 17.5 Å². The van der Waals surface area contributed by atoms with Crippen LogP contribution < -0.4 is 15.4 Å². The quantitative estimate of drug-likeness (QED) is 0.683. The van der Waals surface area contributed by atoms with E-state index in [2.05, 4.69) is 46.6 Å². The van der Waals surface area contributed by atoms with Crippen molar-refractivity contribution in [2.75, 3.05) is 17.7 Å². The van der Waals surface area contributed by atoms with Gasteiger partial charge in [-0.05, 0) is 49.2 Å². The van der Waals surface area contributed by atoms with Crippen molar-refractivity contribution in [3.8, 4) is 5.75 Å². The van der Waals surface area contributed by atoms with Crippen LogP contribution in [0.15, 0.2) is 60.8 Å². The maximum absolute atomic E-state index is 5.29. The number of rotatable bonds is 6. The lowest BCUT2D eigenvalue weighted by atomic mass is 10.1.